The van der Waals surface area contributed by atoms with Crippen molar-refractivity contribution < 1.29 is 14.3 Å². The molecule has 0 unspecified atom stereocenters. The number of imide groups is 1. The van der Waals surface area contributed by atoms with E-state index in [0.29, 0.717) is 39.1 Å². The van der Waals surface area contributed by atoms with Gasteiger partial charge in [-0.15, -0.1) is 0 Å². The summed E-state index contributed by atoms with van der Waals surface area (Å²) in [4.78, 5) is 27.1. The maximum Gasteiger partial charge on any atom is 0.237 e. The van der Waals surface area contributed by atoms with E-state index in [1.165, 1.54) is 4.90 Å². The van der Waals surface area contributed by atoms with Crippen LogP contribution in [0.4, 0.5) is 5.69 Å². The van der Waals surface area contributed by atoms with Crippen molar-refractivity contribution in [3.8, 4) is 11.5 Å². The molecule has 3 aliphatic rings. The van der Waals surface area contributed by atoms with Crippen LogP contribution in [0.5, 0.6) is 11.5 Å². The van der Waals surface area contributed by atoms with Gasteiger partial charge in [0.1, 0.15) is 11.5 Å². The van der Waals surface area contributed by atoms with Crippen LogP contribution in [0.15, 0.2) is 42.5 Å². The Morgan fingerprint density at radius 1 is 0.889 bits per heavy atom. The van der Waals surface area contributed by atoms with Crippen molar-refractivity contribution in [1.82, 2.24) is 0 Å². The lowest BCUT2D eigenvalue weighted by Crippen LogP contribution is -2.32. The fourth-order valence-electron chi connectivity index (χ4n) is 5.01. The molecule has 27 heavy (non-hydrogen) atoms. The molecular weight excluding hydrogens is 385 g/mol. The highest BCUT2D eigenvalue weighted by Gasteiger charge is 2.61. The second-order valence-electron chi connectivity index (χ2n) is 7.57. The smallest absolute Gasteiger partial charge is 0.237 e. The molecule has 2 amide bonds. The van der Waals surface area contributed by atoms with Crippen LogP contribution in [0.3, 0.4) is 0 Å². The monoisotopic (exact) mass is 401 g/mol. The number of fused-ring (bicyclic) bond motifs is 5. The predicted octanol–water partition coefficient (Wildman–Crippen LogP) is 5.32. The zero-order valence-electron chi connectivity index (χ0n) is 14.4. The molecule has 6 heteroatoms. The standard InChI is InChI=1S/C21H17Cl2NO3/c22-13-3-8-17(16(23)10-13)27-15-6-4-14(5-7-15)24-20(25)18-11-1-2-12(9-11)19(18)21(24)26/h3-8,10-12,18-19H,1-2,9H2/t11-,12-,18+,19+/m1/s1. The van der Waals surface area contributed by atoms with E-state index < -0.39 is 0 Å². The highest BCUT2D eigenvalue weighted by Crippen LogP contribution is 2.56. The van der Waals surface area contributed by atoms with E-state index >= 15 is 0 Å². The number of rotatable bonds is 3. The quantitative estimate of drug-likeness (QED) is 0.653. The Bertz CT molecular complexity index is 915. The van der Waals surface area contributed by atoms with Gasteiger partial charge in [-0.2, -0.15) is 0 Å². The molecule has 2 aliphatic carbocycles. The summed E-state index contributed by atoms with van der Waals surface area (Å²) in [5.74, 6) is 1.54. The van der Waals surface area contributed by atoms with Gasteiger partial charge >= 0.3 is 0 Å². The van der Waals surface area contributed by atoms with E-state index in [0.717, 1.165) is 19.3 Å². The number of ether oxygens (including phenoxy) is 1. The van der Waals surface area contributed by atoms with Gasteiger partial charge in [-0.05, 0) is 73.6 Å². The molecule has 2 aromatic carbocycles. The molecule has 1 saturated heterocycles. The van der Waals surface area contributed by atoms with E-state index in [4.69, 9.17) is 27.9 Å². The van der Waals surface area contributed by atoms with Crippen LogP contribution in [-0.4, -0.2) is 11.8 Å². The van der Waals surface area contributed by atoms with Gasteiger partial charge in [0.15, 0.2) is 0 Å². The van der Waals surface area contributed by atoms with Crippen molar-refractivity contribution >= 4 is 40.7 Å². The van der Waals surface area contributed by atoms with Crippen LogP contribution in [0.2, 0.25) is 10.0 Å². The highest BCUT2D eigenvalue weighted by atomic mass is 35.5. The number of anilines is 1. The van der Waals surface area contributed by atoms with Crippen molar-refractivity contribution in [2.24, 2.45) is 23.7 Å². The van der Waals surface area contributed by atoms with Gasteiger partial charge in [0, 0.05) is 5.02 Å². The summed E-state index contributed by atoms with van der Waals surface area (Å²) in [7, 11) is 0. The molecule has 1 heterocycles. The zero-order valence-corrected chi connectivity index (χ0v) is 15.9. The third-order valence-electron chi connectivity index (χ3n) is 6.14. The van der Waals surface area contributed by atoms with Crippen molar-refractivity contribution in [1.29, 1.82) is 0 Å². The van der Waals surface area contributed by atoms with E-state index in [9.17, 15) is 9.59 Å². The van der Waals surface area contributed by atoms with Crippen LogP contribution in [-0.2, 0) is 9.59 Å². The lowest BCUT2D eigenvalue weighted by atomic mass is 9.81. The van der Waals surface area contributed by atoms with Crippen molar-refractivity contribution in [3.63, 3.8) is 0 Å². The third-order valence-corrected chi connectivity index (χ3v) is 6.67. The molecule has 0 spiro atoms. The second-order valence-corrected chi connectivity index (χ2v) is 8.41. The van der Waals surface area contributed by atoms with Crippen LogP contribution in [0.1, 0.15) is 19.3 Å². The minimum Gasteiger partial charge on any atom is -0.456 e. The van der Waals surface area contributed by atoms with E-state index in [2.05, 4.69) is 0 Å². The van der Waals surface area contributed by atoms with Gasteiger partial charge in [-0.3, -0.25) is 14.5 Å². The van der Waals surface area contributed by atoms with Crippen LogP contribution >= 0.6 is 23.2 Å². The lowest BCUT2D eigenvalue weighted by molar-refractivity contribution is -0.123. The van der Waals surface area contributed by atoms with Crippen LogP contribution in [0, 0.1) is 23.7 Å². The number of carbonyl (C=O) groups is 2. The fourth-order valence-corrected chi connectivity index (χ4v) is 5.46. The first-order valence-corrected chi connectivity index (χ1v) is 9.89. The van der Waals surface area contributed by atoms with Gasteiger partial charge in [-0.25, -0.2) is 0 Å². The molecule has 2 aromatic rings. The van der Waals surface area contributed by atoms with Gasteiger partial charge in [0.2, 0.25) is 11.8 Å². The summed E-state index contributed by atoms with van der Waals surface area (Å²) in [6, 6.07) is 12.0. The topological polar surface area (TPSA) is 46.6 Å². The van der Waals surface area contributed by atoms with Gasteiger partial charge in [0.05, 0.1) is 22.5 Å². The molecule has 5 rings (SSSR count). The number of hydrogen-bond donors (Lipinski definition) is 0. The molecule has 4 nitrogen and oxygen atoms in total. The van der Waals surface area contributed by atoms with Gasteiger partial charge < -0.3 is 4.74 Å². The molecule has 0 N–H and O–H groups in total. The minimum absolute atomic E-state index is 0.0355. The molecule has 0 aromatic heterocycles. The Labute approximate surface area is 167 Å². The molecule has 3 fully saturated rings. The Morgan fingerprint density at radius 3 is 2.11 bits per heavy atom. The first-order valence-electron chi connectivity index (χ1n) is 9.14. The first-order chi connectivity index (χ1) is 13.0. The van der Waals surface area contributed by atoms with Crippen molar-refractivity contribution in [3.05, 3.63) is 52.5 Å². The summed E-state index contributed by atoms with van der Waals surface area (Å²) in [6.07, 6.45) is 3.19. The first kappa shape index (κ1) is 17.1. The van der Waals surface area contributed by atoms with E-state index in [1.54, 1.807) is 42.5 Å². The minimum atomic E-state index is -0.111. The Balaban J connectivity index is 1.38. The largest absolute Gasteiger partial charge is 0.456 e. The number of nitrogens with zero attached hydrogens (tertiary/aromatic N) is 1. The average Bonchev–Trinajstić information content (AvgIpc) is 3.32. The summed E-state index contributed by atoms with van der Waals surface area (Å²) in [5.41, 5.74) is 0.605. The summed E-state index contributed by atoms with van der Waals surface area (Å²) in [5, 5.41) is 0.952. The number of benzene rings is 2. The van der Waals surface area contributed by atoms with Crippen molar-refractivity contribution in [2.75, 3.05) is 4.90 Å². The van der Waals surface area contributed by atoms with Gasteiger partial charge in [-0.1, -0.05) is 23.2 Å². The third kappa shape index (κ3) is 2.66. The maximum atomic E-state index is 12.9. The van der Waals surface area contributed by atoms with E-state index in [-0.39, 0.29) is 23.7 Å². The molecular formula is C21H17Cl2NO3. The molecule has 138 valence electrons. The highest BCUT2D eigenvalue weighted by molar-refractivity contribution is 6.35. The normalized spacial score (nSPS) is 28.7. The van der Waals surface area contributed by atoms with E-state index in [1.807, 2.05) is 0 Å². The Morgan fingerprint density at radius 2 is 1.52 bits per heavy atom. The molecule has 2 saturated carbocycles. The summed E-state index contributed by atoms with van der Waals surface area (Å²) < 4.78 is 5.78. The average molecular weight is 402 g/mol. The lowest BCUT2D eigenvalue weighted by Gasteiger charge is -2.19. The molecule has 1 aliphatic heterocycles. The summed E-state index contributed by atoms with van der Waals surface area (Å²) in [6.45, 7) is 0. The summed E-state index contributed by atoms with van der Waals surface area (Å²) >= 11 is 12.0. The number of hydrogen-bond acceptors (Lipinski definition) is 3. The zero-order chi connectivity index (χ0) is 18.7. The van der Waals surface area contributed by atoms with Gasteiger partial charge in [0.25, 0.3) is 0 Å². The van der Waals surface area contributed by atoms with Crippen LogP contribution in [0.25, 0.3) is 0 Å². The molecule has 0 radical (unpaired) electrons. The number of amides is 2. The molecule has 2 bridgehead atoms. The van der Waals surface area contributed by atoms with Crippen LogP contribution < -0.4 is 9.64 Å². The Kier molecular flexibility index (Phi) is 3.95. The predicted molar refractivity (Wildman–Crippen MR) is 103 cm³/mol. The van der Waals surface area contributed by atoms with Crippen molar-refractivity contribution in [2.45, 2.75) is 19.3 Å². The number of halogens is 2. The maximum absolute atomic E-state index is 12.9. The molecule has 4 atom stereocenters. The number of carbonyl (C=O) groups excluding carboxylic acids is 2. The SMILES string of the molecule is O=C1[C@H]2[C@@H]3CC[C@H](C3)[C@@H]2C(=O)N1c1ccc(Oc2ccc(Cl)cc2Cl)cc1. The Hall–Kier alpha value is -2.04. The fraction of sp³-hybridized carbons (Fsp3) is 0.333. The second kappa shape index (κ2) is 6.25.